The van der Waals surface area contributed by atoms with Gasteiger partial charge in [0.05, 0.1) is 17.3 Å². The number of aromatic nitrogens is 4. The maximum Gasteiger partial charge on any atom is 0.263 e. The first-order valence-corrected chi connectivity index (χ1v) is 11.7. The minimum Gasteiger partial charge on any atom is -0.481 e. The fraction of sp³-hybridized carbons (Fsp3) is 0.250. The Balaban J connectivity index is 1.28. The van der Waals surface area contributed by atoms with Crippen molar-refractivity contribution in [2.45, 2.75) is 13.0 Å². The van der Waals surface area contributed by atoms with E-state index in [-0.39, 0.29) is 5.91 Å². The summed E-state index contributed by atoms with van der Waals surface area (Å²) >= 11 is 12.1. The highest BCUT2D eigenvalue weighted by Crippen LogP contribution is 2.26. The van der Waals surface area contributed by atoms with Gasteiger partial charge >= 0.3 is 0 Å². The third kappa shape index (κ3) is 4.51. The molecule has 1 saturated heterocycles. The van der Waals surface area contributed by atoms with Crippen molar-refractivity contribution in [3.05, 3.63) is 71.1 Å². The molecular formula is C24H22Cl2N6O2. The van der Waals surface area contributed by atoms with Gasteiger partial charge in [-0.3, -0.25) is 4.79 Å². The summed E-state index contributed by atoms with van der Waals surface area (Å²) in [6, 6.07) is 14.5. The molecule has 2 aromatic heterocycles. The summed E-state index contributed by atoms with van der Waals surface area (Å²) in [5.74, 6) is 1.37. The summed E-state index contributed by atoms with van der Waals surface area (Å²) in [5.41, 5.74) is 1.54. The molecular weight excluding hydrogens is 475 g/mol. The molecule has 174 valence electrons. The molecule has 0 saturated carbocycles. The van der Waals surface area contributed by atoms with Gasteiger partial charge in [-0.2, -0.15) is 5.10 Å². The zero-order valence-corrected chi connectivity index (χ0v) is 19.9. The molecule has 0 aliphatic carbocycles. The molecule has 1 amide bonds. The van der Waals surface area contributed by atoms with E-state index in [4.69, 9.17) is 27.9 Å². The van der Waals surface area contributed by atoms with E-state index in [2.05, 4.69) is 20.0 Å². The second kappa shape index (κ2) is 9.48. The van der Waals surface area contributed by atoms with Gasteiger partial charge in [0.15, 0.2) is 11.8 Å². The smallest absolute Gasteiger partial charge is 0.263 e. The van der Waals surface area contributed by atoms with Crippen molar-refractivity contribution in [3.63, 3.8) is 0 Å². The minimum absolute atomic E-state index is 0.0452. The van der Waals surface area contributed by atoms with Crippen LogP contribution >= 0.6 is 23.2 Å². The Morgan fingerprint density at radius 2 is 1.76 bits per heavy atom. The van der Waals surface area contributed by atoms with E-state index in [1.165, 1.54) is 0 Å². The van der Waals surface area contributed by atoms with E-state index in [9.17, 15) is 4.79 Å². The molecule has 8 nitrogen and oxygen atoms in total. The number of carbonyl (C=O) groups excluding carboxylic acids is 1. The standard InChI is InChI=1S/C24H22Cl2N6O2/c1-16(34-20-7-5-17(25)6-8-20)24(33)31-11-9-30(10-12-31)22-21-14-29-32(23(21)28-15-27-22)19-4-2-3-18(26)13-19/h2-8,13-16H,9-12H2,1H3. The molecule has 34 heavy (non-hydrogen) atoms. The lowest BCUT2D eigenvalue weighted by atomic mass is 10.2. The Labute approximate surface area is 206 Å². The highest BCUT2D eigenvalue weighted by Gasteiger charge is 2.27. The summed E-state index contributed by atoms with van der Waals surface area (Å²) in [6.45, 7) is 4.20. The summed E-state index contributed by atoms with van der Waals surface area (Å²) in [7, 11) is 0. The van der Waals surface area contributed by atoms with Gasteiger partial charge in [-0.1, -0.05) is 29.3 Å². The van der Waals surface area contributed by atoms with Crippen LogP contribution in [-0.2, 0) is 4.79 Å². The quantitative estimate of drug-likeness (QED) is 0.411. The zero-order chi connectivity index (χ0) is 23.7. The lowest BCUT2D eigenvalue weighted by Crippen LogP contribution is -2.52. The van der Waals surface area contributed by atoms with Crippen LogP contribution in [0.1, 0.15) is 6.92 Å². The maximum atomic E-state index is 12.9. The number of hydrogen-bond acceptors (Lipinski definition) is 6. The number of fused-ring (bicyclic) bond motifs is 1. The molecule has 1 unspecified atom stereocenters. The van der Waals surface area contributed by atoms with Crippen molar-refractivity contribution in [1.82, 2.24) is 24.6 Å². The number of benzene rings is 2. The van der Waals surface area contributed by atoms with Gasteiger partial charge in [-0.15, -0.1) is 0 Å². The van der Waals surface area contributed by atoms with Crippen LogP contribution in [0.3, 0.4) is 0 Å². The van der Waals surface area contributed by atoms with Gasteiger partial charge in [0.25, 0.3) is 5.91 Å². The van der Waals surface area contributed by atoms with E-state index < -0.39 is 6.10 Å². The third-order valence-electron chi connectivity index (χ3n) is 5.76. The van der Waals surface area contributed by atoms with Crippen LogP contribution in [0.4, 0.5) is 5.82 Å². The first-order valence-electron chi connectivity index (χ1n) is 10.9. The lowest BCUT2D eigenvalue weighted by Gasteiger charge is -2.36. The first kappa shape index (κ1) is 22.4. The molecule has 4 aromatic rings. The van der Waals surface area contributed by atoms with Crippen LogP contribution < -0.4 is 9.64 Å². The topological polar surface area (TPSA) is 76.4 Å². The Hall–Kier alpha value is -3.36. The van der Waals surface area contributed by atoms with Crippen LogP contribution in [0.2, 0.25) is 10.0 Å². The maximum absolute atomic E-state index is 12.9. The van der Waals surface area contributed by atoms with Crippen LogP contribution in [0.5, 0.6) is 5.75 Å². The normalized spacial score (nSPS) is 14.9. The van der Waals surface area contributed by atoms with Crippen LogP contribution in [0.25, 0.3) is 16.7 Å². The van der Waals surface area contributed by atoms with Crippen molar-refractivity contribution >= 4 is 46.0 Å². The zero-order valence-electron chi connectivity index (χ0n) is 18.4. The van der Waals surface area contributed by atoms with Gasteiger partial charge in [0, 0.05) is 36.2 Å². The molecule has 0 bridgehead atoms. The number of nitrogens with zero attached hydrogens (tertiary/aromatic N) is 6. The van der Waals surface area contributed by atoms with Gasteiger partial charge in [-0.05, 0) is 49.4 Å². The number of ether oxygens (including phenoxy) is 1. The van der Waals surface area contributed by atoms with Crippen molar-refractivity contribution < 1.29 is 9.53 Å². The predicted octanol–water partition coefficient (Wildman–Crippen LogP) is 4.24. The third-order valence-corrected chi connectivity index (χ3v) is 6.25. The molecule has 0 radical (unpaired) electrons. The number of carbonyl (C=O) groups is 1. The summed E-state index contributed by atoms with van der Waals surface area (Å²) in [4.78, 5) is 25.9. The molecule has 2 aromatic carbocycles. The second-order valence-corrected chi connectivity index (χ2v) is 8.87. The molecule has 1 aliphatic heterocycles. The van der Waals surface area contributed by atoms with Crippen molar-refractivity contribution in [2.24, 2.45) is 0 Å². The van der Waals surface area contributed by atoms with E-state index in [0.717, 1.165) is 16.9 Å². The summed E-state index contributed by atoms with van der Waals surface area (Å²) in [5, 5.41) is 6.62. The fourth-order valence-corrected chi connectivity index (χ4v) is 4.35. The van der Waals surface area contributed by atoms with E-state index in [1.807, 2.05) is 29.2 Å². The summed E-state index contributed by atoms with van der Waals surface area (Å²) in [6.07, 6.45) is 2.72. The summed E-state index contributed by atoms with van der Waals surface area (Å²) < 4.78 is 7.55. The molecule has 10 heteroatoms. The molecule has 1 aliphatic rings. The number of hydrogen-bond donors (Lipinski definition) is 0. The van der Waals surface area contributed by atoms with Gasteiger partial charge in [-0.25, -0.2) is 14.6 Å². The Bertz CT molecular complexity index is 1320. The molecule has 0 spiro atoms. The van der Waals surface area contributed by atoms with E-state index in [0.29, 0.717) is 47.6 Å². The minimum atomic E-state index is -0.589. The molecule has 1 fully saturated rings. The fourth-order valence-electron chi connectivity index (χ4n) is 4.04. The van der Waals surface area contributed by atoms with Crippen molar-refractivity contribution in [1.29, 1.82) is 0 Å². The van der Waals surface area contributed by atoms with Crippen LogP contribution in [0, 0.1) is 0 Å². The molecule has 0 N–H and O–H groups in total. The first-order chi connectivity index (χ1) is 16.5. The predicted molar refractivity (Wildman–Crippen MR) is 132 cm³/mol. The number of rotatable bonds is 5. The van der Waals surface area contributed by atoms with Crippen molar-refractivity contribution in [2.75, 3.05) is 31.1 Å². The SMILES string of the molecule is CC(Oc1ccc(Cl)cc1)C(=O)N1CCN(c2ncnc3c2cnn3-c2cccc(Cl)c2)CC1. The Morgan fingerprint density at radius 1 is 1.00 bits per heavy atom. The number of halogens is 2. The highest BCUT2D eigenvalue weighted by atomic mass is 35.5. The van der Waals surface area contributed by atoms with E-state index in [1.54, 1.807) is 48.4 Å². The average molecular weight is 497 g/mol. The molecule has 3 heterocycles. The second-order valence-electron chi connectivity index (χ2n) is 8.00. The van der Waals surface area contributed by atoms with Crippen LogP contribution in [0.15, 0.2) is 61.1 Å². The molecule has 1 atom stereocenters. The van der Waals surface area contributed by atoms with Crippen molar-refractivity contribution in [3.8, 4) is 11.4 Å². The lowest BCUT2D eigenvalue weighted by molar-refractivity contribution is -0.138. The molecule has 5 rings (SSSR count). The largest absolute Gasteiger partial charge is 0.481 e. The Morgan fingerprint density at radius 3 is 2.50 bits per heavy atom. The van der Waals surface area contributed by atoms with Gasteiger partial charge < -0.3 is 14.5 Å². The number of amides is 1. The van der Waals surface area contributed by atoms with Crippen LogP contribution in [-0.4, -0.2) is 62.8 Å². The highest BCUT2D eigenvalue weighted by molar-refractivity contribution is 6.31. The average Bonchev–Trinajstić information content (AvgIpc) is 3.29. The monoisotopic (exact) mass is 496 g/mol. The number of piperazine rings is 1. The Kier molecular flexibility index (Phi) is 6.26. The van der Waals surface area contributed by atoms with E-state index >= 15 is 0 Å². The van der Waals surface area contributed by atoms with Gasteiger partial charge in [0.2, 0.25) is 0 Å². The van der Waals surface area contributed by atoms with Gasteiger partial charge in [0.1, 0.15) is 17.9 Å². The number of anilines is 1.